The van der Waals surface area contributed by atoms with Gasteiger partial charge < -0.3 is 10.6 Å². The van der Waals surface area contributed by atoms with Crippen molar-refractivity contribution in [1.29, 1.82) is 0 Å². The van der Waals surface area contributed by atoms with E-state index in [2.05, 4.69) is 34.4 Å². The largest absolute Gasteiger partial charge is 0.326 e. The van der Waals surface area contributed by atoms with Crippen molar-refractivity contribution in [1.82, 2.24) is 9.97 Å². The molecule has 2 aromatic heterocycles. The maximum atomic E-state index is 13.0. The van der Waals surface area contributed by atoms with Gasteiger partial charge in [-0.15, -0.1) is 11.3 Å². The highest BCUT2D eigenvalue weighted by atomic mass is 32.2. The molecule has 2 heterocycles. The van der Waals surface area contributed by atoms with E-state index in [4.69, 9.17) is 0 Å². The number of rotatable bonds is 5. The summed E-state index contributed by atoms with van der Waals surface area (Å²) in [6, 6.07) is 14.5. The van der Waals surface area contributed by atoms with Crippen LogP contribution < -0.4 is 10.6 Å². The molecule has 0 unspecified atom stereocenters. The lowest BCUT2D eigenvalue weighted by molar-refractivity contribution is -0.114. The van der Waals surface area contributed by atoms with Gasteiger partial charge in [0.1, 0.15) is 16.2 Å². The van der Waals surface area contributed by atoms with Crippen LogP contribution in [0.1, 0.15) is 27.7 Å². The van der Waals surface area contributed by atoms with Gasteiger partial charge in [0.2, 0.25) is 5.91 Å². The maximum absolute atomic E-state index is 13.0. The lowest BCUT2D eigenvalue weighted by atomic mass is 10.2. The molecule has 0 aliphatic heterocycles. The molecule has 0 radical (unpaired) electrons. The minimum atomic E-state index is -0.209. The van der Waals surface area contributed by atoms with E-state index in [1.54, 1.807) is 48.0 Å². The highest BCUT2D eigenvalue weighted by Crippen LogP contribution is 2.38. The summed E-state index contributed by atoms with van der Waals surface area (Å²) in [5.74, 6) is -0.350. The molecule has 0 spiro atoms. The molecule has 31 heavy (non-hydrogen) atoms. The molecule has 0 aliphatic rings. The molecule has 0 saturated heterocycles. The second-order valence-electron chi connectivity index (χ2n) is 6.95. The predicted molar refractivity (Wildman–Crippen MR) is 126 cm³/mol. The van der Waals surface area contributed by atoms with Crippen LogP contribution in [0.3, 0.4) is 0 Å². The van der Waals surface area contributed by atoms with Gasteiger partial charge in [-0.3, -0.25) is 9.59 Å². The van der Waals surface area contributed by atoms with Crippen molar-refractivity contribution in [2.75, 3.05) is 10.6 Å². The van der Waals surface area contributed by atoms with E-state index in [0.717, 1.165) is 20.1 Å². The van der Waals surface area contributed by atoms with Crippen LogP contribution in [0.25, 0.3) is 10.2 Å². The maximum Gasteiger partial charge on any atom is 0.256 e. The first kappa shape index (κ1) is 21.0. The van der Waals surface area contributed by atoms with Crippen LogP contribution in [0.2, 0.25) is 0 Å². The number of aromatic nitrogens is 2. The van der Waals surface area contributed by atoms with E-state index < -0.39 is 0 Å². The summed E-state index contributed by atoms with van der Waals surface area (Å²) < 4.78 is 0. The van der Waals surface area contributed by atoms with E-state index in [1.165, 1.54) is 29.1 Å². The second-order valence-corrected chi connectivity index (χ2v) is 9.19. The summed E-state index contributed by atoms with van der Waals surface area (Å²) in [5, 5.41) is 7.51. The van der Waals surface area contributed by atoms with E-state index in [9.17, 15) is 9.59 Å². The van der Waals surface area contributed by atoms with Crippen molar-refractivity contribution in [2.45, 2.75) is 30.7 Å². The fourth-order valence-corrected chi connectivity index (χ4v) is 5.25. The first-order chi connectivity index (χ1) is 14.9. The van der Waals surface area contributed by atoms with Gasteiger partial charge in [0.05, 0.1) is 5.56 Å². The van der Waals surface area contributed by atoms with Gasteiger partial charge in [-0.05, 0) is 55.8 Å². The second kappa shape index (κ2) is 8.87. The molecule has 0 fully saturated rings. The van der Waals surface area contributed by atoms with Crippen LogP contribution in [0, 0.1) is 13.8 Å². The molecule has 0 bridgehead atoms. The third-order valence-corrected chi connectivity index (χ3v) is 6.93. The standard InChI is InChI=1S/C23H20N4O2S2/c1-13-14(2)30-22-20(13)23(25-12-24-22)31-19-7-5-4-6-18(19)21(29)27-17-10-8-16(9-11-17)26-15(3)28/h4-12H,1-3H3,(H,26,28)(H,27,29). The molecule has 0 aliphatic carbocycles. The Morgan fingerprint density at radius 2 is 1.61 bits per heavy atom. The highest BCUT2D eigenvalue weighted by molar-refractivity contribution is 7.99. The number of anilines is 2. The molecule has 2 N–H and O–H groups in total. The molecule has 4 rings (SSSR count). The summed E-state index contributed by atoms with van der Waals surface area (Å²) in [7, 11) is 0. The molecule has 156 valence electrons. The minimum absolute atomic E-state index is 0.141. The van der Waals surface area contributed by atoms with Crippen LogP contribution in [-0.4, -0.2) is 21.8 Å². The van der Waals surface area contributed by atoms with Gasteiger partial charge in [0, 0.05) is 33.5 Å². The molecule has 2 aromatic carbocycles. The lowest BCUT2D eigenvalue weighted by Crippen LogP contribution is -2.13. The number of carbonyl (C=O) groups is 2. The van der Waals surface area contributed by atoms with Gasteiger partial charge in [-0.1, -0.05) is 23.9 Å². The fraction of sp³-hybridized carbons (Fsp3) is 0.130. The zero-order valence-corrected chi connectivity index (χ0v) is 18.9. The Morgan fingerprint density at radius 1 is 0.935 bits per heavy atom. The van der Waals surface area contributed by atoms with Gasteiger partial charge in [-0.25, -0.2) is 9.97 Å². The van der Waals surface area contributed by atoms with E-state index in [-0.39, 0.29) is 11.8 Å². The molecular formula is C23H20N4O2S2. The Labute approximate surface area is 188 Å². The van der Waals surface area contributed by atoms with Crippen LogP contribution in [0.15, 0.2) is 64.8 Å². The van der Waals surface area contributed by atoms with Crippen molar-refractivity contribution in [3.05, 3.63) is 70.9 Å². The van der Waals surface area contributed by atoms with Gasteiger partial charge in [0.15, 0.2) is 0 Å². The molecule has 0 atom stereocenters. The molecule has 0 saturated carbocycles. The number of thiophene rings is 1. The number of hydrogen-bond acceptors (Lipinski definition) is 6. The quantitative estimate of drug-likeness (QED) is 0.384. The number of nitrogens with one attached hydrogen (secondary N) is 2. The molecule has 8 heteroatoms. The number of aryl methyl sites for hydroxylation is 2. The average molecular weight is 449 g/mol. The SMILES string of the molecule is CC(=O)Nc1ccc(NC(=O)c2ccccc2Sc2ncnc3sc(C)c(C)c23)cc1. The first-order valence-electron chi connectivity index (χ1n) is 9.59. The summed E-state index contributed by atoms with van der Waals surface area (Å²) in [4.78, 5) is 36.0. The third kappa shape index (κ3) is 4.60. The molecule has 4 aromatic rings. The zero-order valence-electron chi connectivity index (χ0n) is 17.2. The number of benzene rings is 2. The monoisotopic (exact) mass is 448 g/mol. The third-order valence-electron chi connectivity index (χ3n) is 4.73. The minimum Gasteiger partial charge on any atom is -0.326 e. The lowest BCUT2D eigenvalue weighted by Gasteiger charge is -2.11. The average Bonchev–Trinajstić information content (AvgIpc) is 3.04. The fourth-order valence-electron chi connectivity index (χ4n) is 3.11. The van der Waals surface area contributed by atoms with Crippen molar-refractivity contribution in [3.63, 3.8) is 0 Å². The zero-order chi connectivity index (χ0) is 22.0. The Balaban J connectivity index is 1.59. The summed E-state index contributed by atoms with van der Waals surface area (Å²) in [6.45, 7) is 5.61. The topological polar surface area (TPSA) is 84.0 Å². The van der Waals surface area contributed by atoms with E-state index in [0.29, 0.717) is 16.9 Å². The van der Waals surface area contributed by atoms with Gasteiger partial charge >= 0.3 is 0 Å². The van der Waals surface area contributed by atoms with E-state index >= 15 is 0 Å². The van der Waals surface area contributed by atoms with Gasteiger partial charge in [-0.2, -0.15) is 0 Å². The summed E-state index contributed by atoms with van der Waals surface area (Å²) >= 11 is 3.12. The van der Waals surface area contributed by atoms with Crippen molar-refractivity contribution in [3.8, 4) is 0 Å². The number of nitrogens with zero attached hydrogens (tertiary/aromatic N) is 2. The summed E-state index contributed by atoms with van der Waals surface area (Å²) in [6.07, 6.45) is 1.57. The number of fused-ring (bicyclic) bond motifs is 1. The molecular weight excluding hydrogens is 428 g/mol. The van der Waals surface area contributed by atoms with Crippen LogP contribution in [-0.2, 0) is 4.79 Å². The highest BCUT2D eigenvalue weighted by Gasteiger charge is 2.17. The number of carbonyl (C=O) groups excluding carboxylic acids is 2. The van der Waals surface area contributed by atoms with Gasteiger partial charge in [0.25, 0.3) is 5.91 Å². The van der Waals surface area contributed by atoms with Crippen molar-refractivity contribution in [2.24, 2.45) is 0 Å². The Kier molecular flexibility index (Phi) is 6.01. The smallest absolute Gasteiger partial charge is 0.256 e. The predicted octanol–water partition coefficient (Wildman–Crippen LogP) is 5.67. The van der Waals surface area contributed by atoms with Crippen LogP contribution >= 0.6 is 23.1 Å². The number of hydrogen-bond donors (Lipinski definition) is 2. The number of amides is 2. The summed E-state index contributed by atoms with van der Waals surface area (Å²) in [5.41, 5.74) is 3.06. The van der Waals surface area contributed by atoms with Crippen LogP contribution in [0.5, 0.6) is 0 Å². The Bertz CT molecular complexity index is 1280. The Morgan fingerprint density at radius 3 is 2.32 bits per heavy atom. The van der Waals surface area contributed by atoms with E-state index in [1.807, 2.05) is 18.2 Å². The van der Waals surface area contributed by atoms with Crippen LogP contribution in [0.4, 0.5) is 11.4 Å². The van der Waals surface area contributed by atoms with Crippen molar-refractivity contribution >= 4 is 56.5 Å². The first-order valence-corrected chi connectivity index (χ1v) is 11.2. The molecule has 6 nitrogen and oxygen atoms in total. The van der Waals surface area contributed by atoms with Crippen molar-refractivity contribution < 1.29 is 9.59 Å². The Hall–Kier alpha value is -3.23. The molecule has 2 amide bonds. The normalized spacial score (nSPS) is 10.8.